The second-order valence-corrected chi connectivity index (χ2v) is 9.86. The molecule has 0 aromatic heterocycles. The zero-order valence-corrected chi connectivity index (χ0v) is 17.3. The number of rotatable bonds is 8. The first-order valence-corrected chi connectivity index (χ1v) is 11.2. The van der Waals surface area contributed by atoms with Crippen LogP contribution in [0.2, 0.25) is 0 Å². The standard InChI is InChI=1S/C22H36N2O4/c1-27-6-7-28-15-20(25)23-19-2-4-24(5-3-19)21(26)14-22-11-16-8-17(12-22)10-18(9-16)13-22/h16-19H,2-15H2,1H3,(H,23,25). The molecule has 0 atom stereocenters. The zero-order chi connectivity index (χ0) is 19.6. The van der Waals surface area contributed by atoms with Crippen LogP contribution in [0.25, 0.3) is 0 Å². The summed E-state index contributed by atoms with van der Waals surface area (Å²) < 4.78 is 10.2. The van der Waals surface area contributed by atoms with Gasteiger partial charge in [0.1, 0.15) is 6.61 Å². The Morgan fingerprint density at radius 3 is 2.18 bits per heavy atom. The van der Waals surface area contributed by atoms with E-state index in [1.165, 1.54) is 38.5 Å². The van der Waals surface area contributed by atoms with Crippen LogP contribution in [-0.4, -0.2) is 62.8 Å². The van der Waals surface area contributed by atoms with E-state index in [0.29, 0.717) is 24.5 Å². The fourth-order valence-electron chi connectivity index (χ4n) is 6.79. The van der Waals surface area contributed by atoms with Crippen LogP contribution in [0, 0.1) is 23.2 Å². The van der Waals surface area contributed by atoms with E-state index < -0.39 is 0 Å². The fourth-order valence-corrected chi connectivity index (χ4v) is 6.79. The average Bonchev–Trinajstić information content (AvgIpc) is 2.64. The van der Waals surface area contributed by atoms with Crippen molar-refractivity contribution in [1.82, 2.24) is 10.2 Å². The summed E-state index contributed by atoms with van der Waals surface area (Å²) >= 11 is 0. The van der Waals surface area contributed by atoms with Crippen molar-refractivity contribution in [2.75, 3.05) is 40.0 Å². The normalized spacial score (nSPS) is 34.6. The van der Waals surface area contributed by atoms with Crippen molar-refractivity contribution in [3.63, 3.8) is 0 Å². The van der Waals surface area contributed by atoms with E-state index in [1.807, 2.05) is 0 Å². The van der Waals surface area contributed by atoms with Crippen molar-refractivity contribution >= 4 is 11.8 Å². The monoisotopic (exact) mass is 392 g/mol. The lowest BCUT2D eigenvalue weighted by Gasteiger charge is -2.57. The Balaban J connectivity index is 1.19. The Morgan fingerprint density at radius 1 is 1.00 bits per heavy atom. The van der Waals surface area contributed by atoms with Crippen molar-refractivity contribution in [3.8, 4) is 0 Å². The molecule has 6 nitrogen and oxygen atoms in total. The lowest BCUT2D eigenvalue weighted by molar-refractivity contribution is -0.140. The van der Waals surface area contributed by atoms with E-state index in [-0.39, 0.29) is 18.6 Å². The van der Waals surface area contributed by atoms with E-state index in [0.717, 1.165) is 50.1 Å². The summed E-state index contributed by atoms with van der Waals surface area (Å²) in [7, 11) is 1.61. The predicted molar refractivity (Wildman–Crippen MR) is 106 cm³/mol. The summed E-state index contributed by atoms with van der Waals surface area (Å²) in [6.45, 7) is 2.54. The number of amides is 2. The van der Waals surface area contributed by atoms with Crippen molar-refractivity contribution in [1.29, 1.82) is 0 Å². The van der Waals surface area contributed by atoms with Crippen molar-refractivity contribution in [2.45, 2.75) is 63.8 Å². The van der Waals surface area contributed by atoms with Crippen molar-refractivity contribution < 1.29 is 19.1 Å². The second-order valence-electron chi connectivity index (χ2n) is 9.86. The van der Waals surface area contributed by atoms with E-state index >= 15 is 0 Å². The van der Waals surface area contributed by atoms with E-state index in [1.54, 1.807) is 7.11 Å². The van der Waals surface area contributed by atoms with Gasteiger partial charge in [0.15, 0.2) is 0 Å². The number of ether oxygens (including phenoxy) is 2. The summed E-state index contributed by atoms with van der Waals surface area (Å²) in [5, 5.41) is 3.04. The molecule has 5 fully saturated rings. The maximum Gasteiger partial charge on any atom is 0.246 e. The van der Waals surface area contributed by atoms with Gasteiger partial charge in [0.2, 0.25) is 11.8 Å². The molecule has 1 aliphatic heterocycles. The van der Waals surface area contributed by atoms with Crippen LogP contribution in [0.15, 0.2) is 0 Å². The smallest absolute Gasteiger partial charge is 0.246 e. The predicted octanol–water partition coefficient (Wildman–Crippen LogP) is 2.36. The van der Waals surface area contributed by atoms with E-state index in [4.69, 9.17) is 9.47 Å². The molecule has 28 heavy (non-hydrogen) atoms. The number of hydrogen-bond donors (Lipinski definition) is 1. The minimum atomic E-state index is -0.0746. The number of carbonyl (C=O) groups is 2. The molecule has 5 aliphatic rings. The number of carbonyl (C=O) groups excluding carboxylic acids is 2. The molecular formula is C22H36N2O4. The molecular weight excluding hydrogens is 356 g/mol. The molecule has 4 aliphatic carbocycles. The Kier molecular flexibility index (Phi) is 6.26. The van der Waals surface area contributed by atoms with Gasteiger partial charge >= 0.3 is 0 Å². The van der Waals surface area contributed by atoms with Gasteiger partial charge in [-0.3, -0.25) is 9.59 Å². The van der Waals surface area contributed by atoms with Crippen molar-refractivity contribution in [2.24, 2.45) is 23.2 Å². The summed E-state index contributed by atoms with van der Waals surface area (Å²) in [6, 6.07) is 0.155. The molecule has 0 spiro atoms. The molecule has 4 bridgehead atoms. The molecule has 4 saturated carbocycles. The molecule has 0 aromatic carbocycles. The molecule has 6 heteroatoms. The van der Waals surface area contributed by atoms with E-state index in [9.17, 15) is 9.59 Å². The third kappa shape index (κ3) is 4.70. The van der Waals surface area contributed by atoms with Gasteiger partial charge in [-0.25, -0.2) is 0 Å². The summed E-state index contributed by atoms with van der Waals surface area (Å²) in [5.74, 6) is 2.97. The van der Waals surface area contributed by atoms with Crippen LogP contribution in [0.5, 0.6) is 0 Å². The lowest BCUT2D eigenvalue weighted by atomic mass is 9.49. The Bertz CT molecular complexity index is 536. The van der Waals surface area contributed by atoms with Gasteiger partial charge in [-0.05, 0) is 74.5 Å². The molecule has 5 rings (SSSR count). The number of nitrogens with zero attached hydrogens (tertiary/aromatic N) is 1. The van der Waals surface area contributed by atoms with Crippen LogP contribution in [0.4, 0.5) is 0 Å². The third-order valence-corrected chi connectivity index (χ3v) is 7.57. The number of hydrogen-bond acceptors (Lipinski definition) is 4. The van der Waals surface area contributed by atoms with Crippen molar-refractivity contribution in [3.05, 3.63) is 0 Å². The SMILES string of the molecule is COCCOCC(=O)NC1CCN(C(=O)CC23CC4CC(CC(C4)C2)C3)CC1. The van der Waals surface area contributed by atoms with Gasteiger partial charge in [0, 0.05) is 32.7 Å². The first-order chi connectivity index (χ1) is 13.5. The minimum Gasteiger partial charge on any atom is -0.382 e. The molecule has 0 unspecified atom stereocenters. The molecule has 0 aromatic rings. The van der Waals surface area contributed by atoms with E-state index in [2.05, 4.69) is 10.2 Å². The highest BCUT2D eigenvalue weighted by Gasteiger charge is 2.51. The highest BCUT2D eigenvalue weighted by atomic mass is 16.5. The second kappa shape index (κ2) is 8.70. The lowest BCUT2D eigenvalue weighted by Crippen LogP contribution is -2.51. The van der Waals surface area contributed by atoms with Crippen LogP contribution < -0.4 is 5.32 Å². The number of piperidine rings is 1. The summed E-state index contributed by atoms with van der Waals surface area (Å²) in [5.41, 5.74) is 0.316. The highest BCUT2D eigenvalue weighted by molar-refractivity contribution is 5.78. The highest BCUT2D eigenvalue weighted by Crippen LogP contribution is 2.61. The summed E-state index contributed by atoms with van der Waals surface area (Å²) in [6.07, 6.45) is 10.6. The van der Waals surface area contributed by atoms with Crippen LogP contribution in [-0.2, 0) is 19.1 Å². The summed E-state index contributed by atoms with van der Waals surface area (Å²) in [4.78, 5) is 27.0. The van der Waals surface area contributed by atoms with Gasteiger partial charge in [-0.1, -0.05) is 0 Å². The average molecular weight is 393 g/mol. The maximum absolute atomic E-state index is 13.0. The molecule has 1 heterocycles. The molecule has 2 amide bonds. The Labute approximate surface area is 168 Å². The van der Waals surface area contributed by atoms with Gasteiger partial charge in [0.25, 0.3) is 0 Å². The third-order valence-electron chi connectivity index (χ3n) is 7.57. The molecule has 158 valence electrons. The van der Waals surface area contributed by atoms with Gasteiger partial charge in [-0.15, -0.1) is 0 Å². The fraction of sp³-hybridized carbons (Fsp3) is 0.909. The first kappa shape index (κ1) is 20.1. The molecule has 1 N–H and O–H groups in total. The number of methoxy groups -OCH3 is 1. The Morgan fingerprint density at radius 2 is 1.61 bits per heavy atom. The molecule has 0 radical (unpaired) electrons. The quantitative estimate of drug-likeness (QED) is 0.644. The van der Waals surface area contributed by atoms with Crippen LogP contribution in [0.1, 0.15) is 57.8 Å². The molecule has 1 saturated heterocycles. The minimum absolute atomic E-state index is 0.0746. The topological polar surface area (TPSA) is 67.9 Å². The number of likely N-dealkylation sites (tertiary alicyclic amines) is 1. The zero-order valence-electron chi connectivity index (χ0n) is 17.3. The van der Waals surface area contributed by atoms with Gasteiger partial charge in [-0.2, -0.15) is 0 Å². The van der Waals surface area contributed by atoms with Crippen LogP contribution >= 0.6 is 0 Å². The van der Waals surface area contributed by atoms with Gasteiger partial charge in [0.05, 0.1) is 13.2 Å². The Hall–Kier alpha value is -1.14. The largest absolute Gasteiger partial charge is 0.382 e. The number of nitrogens with one attached hydrogen (secondary N) is 1. The maximum atomic E-state index is 13.0. The van der Waals surface area contributed by atoms with Gasteiger partial charge < -0.3 is 19.7 Å². The van der Waals surface area contributed by atoms with Crippen LogP contribution in [0.3, 0.4) is 0 Å². The first-order valence-electron chi connectivity index (χ1n) is 11.2.